The Kier molecular flexibility index (Phi) is 5.99. The molecule has 1 N–H and O–H groups in total. The highest BCUT2D eigenvalue weighted by Gasteiger charge is 2.50. The summed E-state index contributed by atoms with van der Waals surface area (Å²) in [7, 11) is 4.28. The SMILES string of the molecule is CN(C)[C@]1(c2ccccc2)CC[C@@]2(CC1)CN(c1cnc(C(=O)N3CCOCC3)nc1)C(=O)N2. The molecule has 0 radical (unpaired) electrons. The molecule has 9 heteroatoms. The van der Waals surface area contributed by atoms with Gasteiger partial charge in [0.25, 0.3) is 5.91 Å². The molecule has 180 valence electrons. The summed E-state index contributed by atoms with van der Waals surface area (Å²) >= 11 is 0. The largest absolute Gasteiger partial charge is 0.378 e. The highest BCUT2D eigenvalue weighted by atomic mass is 16.5. The molecule has 1 aromatic carbocycles. The Morgan fingerprint density at radius 2 is 1.68 bits per heavy atom. The summed E-state index contributed by atoms with van der Waals surface area (Å²) in [6, 6.07) is 10.5. The van der Waals surface area contributed by atoms with Crippen molar-refractivity contribution in [1.29, 1.82) is 0 Å². The summed E-state index contributed by atoms with van der Waals surface area (Å²) in [6.07, 6.45) is 6.85. The van der Waals surface area contributed by atoms with Gasteiger partial charge in [-0.25, -0.2) is 14.8 Å². The van der Waals surface area contributed by atoms with Gasteiger partial charge in [-0.3, -0.25) is 14.6 Å². The molecule has 3 amide bonds. The molecule has 2 aliphatic heterocycles. The molecule has 1 spiro atoms. The monoisotopic (exact) mass is 464 g/mol. The predicted octanol–water partition coefficient (Wildman–Crippen LogP) is 2.25. The number of morpholine rings is 1. The van der Waals surface area contributed by atoms with Gasteiger partial charge >= 0.3 is 6.03 Å². The minimum atomic E-state index is -0.270. The average molecular weight is 465 g/mol. The summed E-state index contributed by atoms with van der Waals surface area (Å²) in [5.41, 5.74) is 1.63. The van der Waals surface area contributed by atoms with Gasteiger partial charge in [0.2, 0.25) is 5.82 Å². The van der Waals surface area contributed by atoms with Crippen molar-refractivity contribution in [2.75, 3.05) is 51.8 Å². The third kappa shape index (κ3) is 4.03. The zero-order valence-electron chi connectivity index (χ0n) is 19.9. The molecule has 0 bridgehead atoms. The van der Waals surface area contributed by atoms with E-state index in [0.29, 0.717) is 38.5 Å². The standard InChI is InChI=1S/C25H32N6O3/c1-29(2)25(19-6-4-3-5-7-19)10-8-24(9-11-25)18-31(23(33)28-24)20-16-26-21(27-17-20)22(32)30-12-14-34-15-13-30/h3-7,16-17H,8-15,18H2,1-2H3,(H,28,33)/t24-,25-. The molecular formula is C25H32N6O3. The first-order valence-electron chi connectivity index (χ1n) is 11.9. The van der Waals surface area contributed by atoms with Gasteiger partial charge in [0.1, 0.15) is 0 Å². The smallest absolute Gasteiger partial charge is 0.322 e. The van der Waals surface area contributed by atoms with Crippen LogP contribution < -0.4 is 10.2 Å². The lowest BCUT2D eigenvalue weighted by molar-refractivity contribution is 0.0295. The molecule has 3 fully saturated rings. The van der Waals surface area contributed by atoms with E-state index in [2.05, 4.69) is 58.5 Å². The number of carbonyl (C=O) groups excluding carboxylic acids is 2. The highest BCUT2D eigenvalue weighted by molar-refractivity contribution is 5.95. The van der Waals surface area contributed by atoms with Crippen LogP contribution in [-0.2, 0) is 10.3 Å². The number of urea groups is 1. The van der Waals surface area contributed by atoms with Crippen LogP contribution in [-0.4, -0.2) is 84.2 Å². The van der Waals surface area contributed by atoms with Crippen LogP contribution >= 0.6 is 0 Å². The van der Waals surface area contributed by atoms with Crippen LogP contribution in [0.25, 0.3) is 0 Å². The number of nitrogens with one attached hydrogen (secondary N) is 1. The second-order valence-corrected chi connectivity index (χ2v) is 9.76. The minimum Gasteiger partial charge on any atom is -0.378 e. The molecule has 2 aromatic rings. The molecule has 9 nitrogen and oxygen atoms in total. The second-order valence-electron chi connectivity index (χ2n) is 9.76. The van der Waals surface area contributed by atoms with Gasteiger partial charge in [-0.15, -0.1) is 0 Å². The van der Waals surface area contributed by atoms with E-state index in [1.54, 1.807) is 22.2 Å². The molecule has 1 saturated carbocycles. The minimum absolute atomic E-state index is 0.0325. The number of anilines is 1. The maximum atomic E-state index is 12.9. The Hall–Kier alpha value is -3.04. The zero-order chi connectivity index (χ0) is 23.8. The summed E-state index contributed by atoms with van der Waals surface area (Å²) in [4.78, 5) is 39.8. The van der Waals surface area contributed by atoms with Crippen LogP contribution in [0.4, 0.5) is 10.5 Å². The van der Waals surface area contributed by atoms with Gasteiger partial charge in [-0.2, -0.15) is 0 Å². The van der Waals surface area contributed by atoms with Crippen molar-refractivity contribution in [3.8, 4) is 0 Å². The van der Waals surface area contributed by atoms with Crippen LogP contribution in [0.1, 0.15) is 41.9 Å². The van der Waals surface area contributed by atoms with Crippen LogP contribution in [0.15, 0.2) is 42.7 Å². The van der Waals surface area contributed by atoms with E-state index in [1.807, 2.05) is 6.07 Å². The van der Waals surface area contributed by atoms with E-state index in [4.69, 9.17) is 4.74 Å². The highest BCUT2D eigenvalue weighted by Crippen LogP contribution is 2.46. The molecule has 1 aromatic heterocycles. The summed E-state index contributed by atoms with van der Waals surface area (Å²) in [5.74, 6) is -0.0540. The van der Waals surface area contributed by atoms with Crippen molar-refractivity contribution in [2.24, 2.45) is 0 Å². The molecular weight excluding hydrogens is 432 g/mol. The number of carbonyl (C=O) groups is 2. The Morgan fingerprint density at radius 1 is 1.03 bits per heavy atom. The van der Waals surface area contributed by atoms with Gasteiger partial charge in [0.15, 0.2) is 0 Å². The zero-order valence-corrected chi connectivity index (χ0v) is 19.9. The first kappa shape index (κ1) is 22.7. The lowest BCUT2D eigenvalue weighted by Gasteiger charge is -2.48. The van der Waals surface area contributed by atoms with Crippen LogP contribution in [0, 0.1) is 0 Å². The van der Waals surface area contributed by atoms with Crippen LogP contribution in [0.3, 0.4) is 0 Å². The van der Waals surface area contributed by atoms with Crippen LogP contribution in [0.2, 0.25) is 0 Å². The summed E-state index contributed by atoms with van der Waals surface area (Å²) in [5, 5.41) is 3.26. The molecule has 5 rings (SSSR count). The first-order valence-corrected chi connectivity index (χ1v) is 11.9. The molecule has 1 aliphatic carbocycles. The van der Waals surface area contributed by atoms with E-state index < -0.39 is 0 Å². The Labute approximate surface area is 200 Å². The number of rotatable bonds is 4. The van der Waals surface area contributed by atoms with Crippen molar-refractivity contribution < 1.29 is 14.3 Å². The van der Waals surface area contributed by atoms with Crippen molar-refractivity contribution in [3.05, 3.63) is 54.1 Å². The van der Waals surface area contributed by atoms with Crippen molar-refractivity contribution >= 4 is 17.6 Å². The number of amides is 3. The van der Waals surface area contributed by atoms with Gasteiger partial charge in [-0.1, -0.05) is 30.3 Å². The maximum absolute atomic E-state index is 12.9. The number of hydrogen-bond donors (Lipinski definition) is 1. The molecule has 2 saturated heterocycles. The Balaban J connectivity index is 1.28. The second kappa shape index (κ2) is 8.96. The van der Waals surface area contributed by atoms with Gasteiger partial charge in [-0.05, 0) is 45.3 Å². The van der Waals surface area contributed by atoms with Gasteiger partial charge in [0.05, 0.1) is 43.4 Å². The Morgan fingerprint density at radius 3 is 2.29 bits per heavy atom. The lowest BCUT2D eigenvalue weighted by Crippen LogP contribution is -2.54. The fourth-order valence-electron chi connectivity index (χ4n) is 5.56. The van der Waals surface area contributed by atoms with E-state index >= 15 is 0 Å². The number of hydrogen-bond acceptors (Lipinski definition) is 6. The third-order valence-electron chi connectivity index (χ3n) is 7.72. The average Bonchev–Trinajstić information content (AvgIpc) is 3.20. The Bertz CT molecular complexity index is 1030. The van der Waals surface area contributed by atoms with Crippen molar-refractivity contribution in [2.45, 2.75) is 36.8 Å². The van der Waals surface area contributed by atoms with Crippen LogP contribution in [0.5, 0.6) is 0 Å². The predicted molar refractivity (Wildman–Crippen MR) is 128 cm³/mol. The van der Waals surface area contributed by atoms with Crippen molar-refractivity contribution in [3.63, 3.8) is 0 Å². The topological polar surface area (TPSA) is 90.9 Å². The fraction of sp³-hybridized carbons (Fsp3) is 0.520. The quantitative estimate of drug-likeness (QED) is 0.746. The van der Waals surface area contributed by atoms with E-state index in [9.17, 15) is 9.59 Å². The third-order valence-corrected chi connectivity index (χ3v) is 7.72. The number of benzene rings is 1. The lowest BCUT2D eigenvalue weighted by atomic mass is 9.69. The first-order chi connectivity index (χ1) is 16.4. The van der Waals surface area contributed by atoms with E-state index in [1.165, 1.54) is 5.56 Å². The molecule has 0 atom stereocenters. The fourth-order valence-corrected chi connectivity index (χ4v) is 5.56. The molecule has 0 unspecified atom stereocenters. The van der Waals surface area contributed by atoms with Gasteiger partial charge in [0, 0.05) is 18.6 Å². The maximum Gasteiger partial charge on any atom is 0.322 e. The molecule has 3 aliphatic rings. The molecule has 34 heavy (non-hydrogen) atoms. The number of aromatic nitrogens is 2. The number of ether oxygens (including phenoxy) is 1. The van der Waals surface area contributed by atoms with Gasteiger partial charge < -0.3 is 15.0 Å². The summed E-state index contributed by atoms with van der Waals surface area (Å²) in [6.45, 7) is 2.71. The van der Waals surface area contributed by atoms with Crippen molar-refractivity contribution in [1.82, 2.24) is 25.1 Å². The normalized spacial score (nSPS) is 27.3. The molecule has 3 heterocycles. The number of nitrogens with zero attached hydrogens (tertiary/aromatic N) is 5. The van der Waals surface area contributed by atoms with E-state index in [-0.39, 0.29) is 28.8 Å². The van der Waals surface area contributed by atoms with E-state index in [0.717, 1.165) is 25.7 Å². The summed E-state index contributed by atoms with van der Waals surface area (Å²) < 4.78 is 5.30.